The van der Waals surface area contributed by atoms with Gasteiger partial charge in [-0.25, -0.2) is 18.1 Å². The highest BCUT2D eigenvalue weighted by molar-refractivity contribution is 7.92. The minimum Gasteiger partial charge on any atom is -0.334 e. The van der Waals surface area contributed by atoms with Crippen LogP contribution in [0.1, 0.15) is 36.3 Å². The van der Waals surface area contributed by atoms with Crippen LogP contribution < -0.4 is 14.9 Å². The molecule has 3 heterocycles. The van der Waals surface area contributed by atoms with Crippen LogP contribution in [0.5, 0.6) is 0 Å². The summed E-state index contributed by atoms with van der Waals surface area (Å²) in [6, 6.07) is 18.4. The minimum atomic E-state index is -3.30. The highest BCUT2D eigenvalue weighted by Crippen LogP contribution is 2.45. The summed E-state index contributed by atoms with van der Waals surface area (Å²) in [6.07, 6.45) is 5.68. The summed E-state index contributed by atoms with van der Waals surface area (Å²) in [7, 11) is -3.30. The molecular weight excluding hydrogens is 560 g/mol. The number of imide groups is 1. The van der Waals surface area contributed by atoms with Crippen molar-refractivity contribution in [1.29, 1.82) is 0 Å². The van der Waals surface area contributed by atoms with Gasteiger partial charge in [0.2, 0.25) is 15.9 Å². The van der Waals surface area contributed by atoms with Gasteiger partial charge < -0.3 is 5.32 Å². The Morgan fingerprint density at radius 1 is 0.976 bits per heavy atom. The van der Waals surface area contributed by atoms with Crippen molar-refractivity contribution in [3.05, 3.63) is 89.2 Å². The zero-order valence-corrected chi connectivity index (χ0v) is 23.6. The molecule has 2 N–H and O–H groups in total. The van der Waals surface area contributed by atoms with E-state index in [1.54, 1.807) is 18.5 Å². The lowest BCUT2D eigenvalue weighted by Crippen LogP contribution is -2.61. The van der Waals surface area contributed by atoms with Crippen LogP contribution in [0.25, 0.3) is 21.9 Å². The standard InChI is InChI=1S/C31H27ClN4O4S/c32-25-7-3-6-23(18-9-11-26-19(14-18)12-13-41(39,40)35-26)29(25)20-8-10-24-27(15-20)34-31(38)36(30(24)37)28-17-33-16-21-4-1-2-5-22(21)28/h1-7,9,11,14,16-17,20,24,27,35H,8,10,12-13,15H2,(H,34,38). The molecule has 1 saturated heterocycles. The Kier molecular flexibility index (Phi) is 6.24. The van der Waals surface area contributed by atoms with Crippen molar-refractivity contribution in [1.82, 2.24) is 10.3 Å². The van der Waals surface area contributed by atoms with E-state index < -0.39 is 16.1 Å². The lowest BCUT2D eigenvalue weighted by atomic mass is 9.72. The van der Waals surface area contributed by atoms with Gasteiger partial charge in [0.15, 0.2) is 0 Å². The lowest BCUT2D eigenvalue weighted by molar-refractivity contribution is -0.124. The first-order chi connectivity index (χ1) is 19.8. The number of carbonyl (C=O) groups excluding carboxylic acids is 2. The number of halogens is 1. The van der Waals surface area contributed by atoms with Crippen LogP contribution in [0.4, 0.5) is 16.2 Å². The van der Waals surface area contributed by atoms with Gasteiger partial charge in [-0.3, -0.25) is 14.5 Å². The van der Waals surface area contributed by atoms with E-state index in [1.807, 2.05) is 54.6 Å². The first-order valence-corrected chi connectivity index (χ1v) is 15.7. The number of benzene rings is 3. The van der Waals surface area contributed by atoms with Crippen molar-refractivity contribution >= 4 is 55.7 Å². The topological polar surface area (TPSA) is 108 Å². The third-order valence-electron chi connectivity index (χ3n) is 8.57. The molecule has 3 amide bonds. The van der Waals surface area contributed by atoms with Gasteiger partial charge in [-0.05, 0) is 72.1 Å². The molecule has 1 saturated carbocycles. The van der Waals surface area contributed by atoms with E-state index in [0.717, 1.165) is 39.4 Å². The molecule has 41 heavy (non-hydrogen) atoms. The van der Waals surface area contributed by atoms with E-state index in [2.05, 4.69) is 15.0 Å². The van der Waals surface area contributed by atoms with Gasteiger partial charge in [-0.15, -0.1) is 0 Å². The molecule has 0 spiro atoms. The van der Waals surface area contributed by atoms with Crippen LogP contribution in [0.3, 0.4) is 0 Å². The van der Waals surface area contributed by atoms with Gasteiger partial charge in [-0.1, -0.05) is 54.1 Å². The zero-order chi connectivity index (χ0) is 28.3. The number of sulfonamides is 1. The van der Waals surface area contributed by atoms with Crippen molar-refractivity contribution in [2.45, 2.75) is 37.6 Å². The van der Waals surface area contributed by atoms with Gasteiger partial charge in [0.25, 0.3) is 0 Å². The smallest absolute Gasteiger partial charge is 0.329 e. The van der Waals surface area contributed by atoms with Gasteiger partial charge in [0, 0.05) is 28.0 Å². The number of hydrogen-bond donors (Lipinski definition) is 2. The first-order valence-electron chi connectivity index (χ1n) is 13.7. The molecule has 8 nitrogen and oxygen atoms in total. The molecule has 3 aromatic carbocycles. The average molecular weight is 587 g/mol. The molecule has 10 heteroatoms. The number of nitrogens with one attached hydrogen (secondary N) is 2. The fourth-order valence-corrected chi connectivity index (χ4v) is 8.07. The maximum atomic E-state index is 13.8. The second-order valence-corrected chi connectivity index (χ2v) is 13.2. The summed E-state index contributed by atoms with van der Waals surface area (Å²) in [5.41, 5.74) is 4.98. The number of urea groups is 1. The fraction of sp³-hybridized carbons (Fsp3) is 0.258. The fourth-order valence-electron chi connectivity index (χ4n) is 6.62. The molecule has 1 aromatic heterocycles. The van der Waals surface area contributed by atoms with E-state index in [1.165, 1.54) is 4.90 Å². The molecule has 3 unspecified atom stereocenters. The summed E-state index contributed by atoms with van der Waals surface area (Å²) in [5.74, 6) is -0.456. The van der Waals surface area contributed by atoms with E-state index in [4.69, 9.17) is 11.6 Å². The summed E-state index contributed by atoms with van der Waals surface area (Å²) < 4.78 is 26.6. The van der Waals surface area contributed by atoms with Crippen LogP contribution in [0, 0.1) is 5.92 Å². The van der Waals surface area contributed by atoms with Crippen molar-refractivity contribution in [2.24, 2.45) is 5.92 Å². The number of nitrogens with zero attached hydrogens (tertiary/aromatic N) is 2. The Balaban J connectivity index is 1.18. The Morgan fingerprint density at radius 2 is 1.83 bits per heavy atom. The third-order valence-corrected chi connectivity index (χ3v) is 10.2. The molecule has 0 bridgehead atoms. The Labute approximate surface area is 242 Å². The van der Waals surface area contributed by atoms with Crippen LogP contribution in [0.2, 0.25) is 5.02 Å². The number of pyridine rings is 1. The van der Waals surface area contributed by atoms with Crippen molar-refractivity contribution in [3.8, 4) is 11.1 Å². The highest BCUT2D eigenvalue weighted by Gasteiger charge is 2.46. The van der Waals surface area contributed by atoms with Crippen LogP contribution in [-0.2, 0) is 21.2 Å². The molecule has 0 radical (unpaired) electrons. The number of amides is 3. The molecule has 4 aromatic rings. The quantitative estimate of drug-likeness (QED) is 0.312. The van der Waals surface area contributed by atoms with Crippen molar-refractivity contribution < 1.29 is 18.0 Å². The molecular formula is C31H27ClN4O4S. The number of carbonyl (C=O) groups is 2. The summed E-state index contributed by atoms with van der Waals surface area (Å²) in [4.78, 5) is 32.7. The maximum absolute atomic E-state index is 13.8. The monoisotopic (exact) mass is 586 g/mol. The molecule has 1 aliphatic carbocycles. The van der Waals surface area contributed by atoms with Gasteiger partial charge in [0.1, 0.15) is 0 Å². The van der Waals surface area contributed by atoms with Crippen molar-refractivity contribution in [2.75, 3.05) is 15.4 Å². The Hall–Kier alpha value is -3.95. The van der Waals surface area contributed by atoms with Gasteiger partial charge >= 0.3 is 6.03 Å². The average Bonchev–Trinajstić information content (AvgIpc) is 2.96. The van der Waals surface area contributed by atoms with E-state index in [0.29, 0.717) is 35.7 Å². The third kappa shape index (κ3) is 4.53. The molecule has 7 rings (SSSR count). The molecule has 208 valence electrons. The second-order valence-electron chi connectivity index (χ2n) is 11.0. The van der Waals surface area contributed by atoms with Crippen LogP contribution in [-0.4, -0.2) is 37.1 Å². The molecule has 2 aliphatic heterocycles. The summed E-state index contributed by atoms with van der Waals surface area (Å²) in [6.45, 7) is 0. The predicted octanol–water partition coefficient (Wildman–Crippen LogP) is 5.86. The van der Waals surface area contributed by atoms with E-state index in [9.17, 15) is 18.0 Å². The first kappa shape index (κ1) is 26.0. The predicted molar refractivity (Wildman–Crippen MR) is 160 cm³/mol. The van der Waals surface area contributed by atoms with Crippen molar-refractivity contribution in [3.63, 3.8) is 0 Å². The summed E-state index contributed by atoms with van der Waals surface area (Å²) in [5, 5.41) is 5.42. The minimum absolute atomic E-state index is 0.0355. The molecule has 3 atom stereocenters. The van der Waals surface area contributed by atoms with Crippen LogP contribution in [0.15, 0.2) is 73.1 Å². The Bertz CT molecular complexity index is 1840. The second kappa shape index (κ2) is 9.85. The number of anilines is 2. The normalized spacial score (nSPS) is 23.3. The number of aromatic nitrogens is 1. The number of rotatable bonds is 3. The number of fused-ring (bicyclic) bond motifs is 3. The Morgan fingerprint density at radius 3 is 2.71 bits per heavy atom. The zero-order valence-electron chi connectivity index (χ0n) is 22.0. The molecule has 3 aliphatic rings. The highest BCUT2D eigenvalue weighted by atomic mass is 35.5. The van der Waals surface area contributed by atoms with E-state index >= 15 is 0 Å². The molecule has 2 fully saturated rings. The number of hydrogen-bond acceptors (Lipinski definition) is 5. The SMILES string of the molecule is O=C1NC2CC(c3c(Cl)cccc3-c3ccc4c(c3)CCS(=O)(=O)N4)CCC2C(=O)N1c1cncc2ccccc12. The summed E-state index contributed by atoms with van der Waals surface area (Å²) >= 11 is 6.82. The van der Waals surface area contributed by atoms with Gasteiger partial charge in [-0.2, -0.15) is 0 Å². The number of aryl methyl sites for hydroxylation is 1. The maximum Gasteiger partial charge on any atom is 0.329 e. The largest absolute Gasteiger partial charge is 0.334 e. The van der Waals surface area contributed by atoms with E-state index in [-0.39, 0.29) is 29.5 Å². The van der Waals surface area contributed by atoms with Gasteiger partial charge in [0.05, 0.1) is 29.2 Å². The lowest BCUT2D eigenvalue weighted by Gasteiger charge is -2.43. The van der Waals surface area contributed by atoms with Crippen LogP contribution >= 0.6 is 11.6 Å².